The van der Waals surface area contributed by atoms with Crippen molar-refractivity contribution in [2.75, 3.05) is 5.32 Å². The number of hydrogen-bond donors (Lipinski definition) is 1. The Labute approximate surface area is 140 Å². The van der Waals surface area contributed by atoms with E-state index in [2.05, 4.69) is 10.3 Å². The van der Waals surface area contributed by atoms with Crippen LogP contribution in [0.2, 0.25) is 0 Å². The maximum atomic E-state index is 11.3. The van der Waals surface area contributed by atoms with Crippen molar-refractivity contribution in [2.24, 2.45) is 17.8 Å². The number of hydrogen-bond acceptors (Lipinski definition) is 4. The summed E-state index contributed by atoms with van der Waals surface area (Å²) in [5, 5.41) is 15.7. The first kappa shape index (κ1) is 14.2. The van der Waals surface area contributed by atoms with Gasteiger partial charge in [-0.2, -0.15) is 0 Å². The number of nitrogens with zero attached hydrogens (tertiary/aromatic N) is 2. The standard InChI is InChI=1S/C19H21N3O2/c23-22(24)17-4-3-16(18-15(17)2-1-5-20-18)21-19-9-12-6-13(10-19)8-14(7-12)11-19/h1-5,12-14,21H,6-11H2. The summed E-state index contributed by atoms with van der Waals surface area (Å²) in [7, 11) is 0. The molecule has 24 heavy (non-hydrogen) atoms. The van der Waals surface area contributed by atoms with E-state index >= 15 is 0 Å². The van der Waals surface area contributed by atoms with Crippen molar-refractivity contribution >= 4 is 22.3 Å². The molecule has 0 spiro atoms. The number of fused-ring (bicyclic) bond motifs is 1. The molecule has 0 radical (unpaired) electrons. The second kappa shape index (κ2) is 4.91. The number of benzene rings is 1. The molecule has 0 amide bonds. The Kier molecular flexibility index (Phi) is 2.91. The zero-order valence-electron chi connectivity index (χ0n) is 13.6. The average Bonchev–Trinajstić information content (AvgIpc) is 2.53. The number of pyridine rings is 1. The summed E-state index contributed by atoms with van der Waals surface area (Å²) < 4.78 is 0. The summed E-state index contributed by atoms with van der Waals surface area (Å²) >= 11 is 0. The lowest BCUT2D eigenvalue weighted by molar-refractivity contribution is -0.383. The van der Waals surface area contributed by atoms with Crippen LogP contribution in [0, 0.1) is 27.9 Å². The molecule has 0 saturated heterocycles. The molecular formula is C19H21N3O2. The van der Waals surface area contributed by atoms with Crippen LogP contribution in [-0.2, 0) is 0 Å². The third-order valence-electron chi connectivity index (χ3n) is 6.38. The van der Waals surface area contributed by atoms with Crippen molar-refractivity contribution in [3.63, 3.8) is 0 Å². The first-order valence-electron chi connectivity index (χ1n) is 8.92. The van der Waals surface area contributed by atoms with Crippen LogP contribution in [0.1, 0.15) is 38.5 Å². The lowest BCUT2D eigenvalue weighted by atomic mass is 9.53. The highest BCUT2D eigenvalue weighted by Crippen LogP contribution is 2.56. The molecule has 1 N–H and O–H groups in total. The summed E-state index contributed by atoms with van der Waals surface area (Å²) in [5.41, 5.74) is 1.99. The molecule has 4 saturated carbocycles. The van der Waals surface area contributed by atoms with Gasteiger partial charge in [-0.3, -0.25) is 15.1 Å². The minimum Gasteiger partial charge on any atom is -0.378 e. The fraction of sp³-hybridized carbons (Fsp3) is 0.526. The van der Waals surface area contributed by atoms with E-state index < -0.39 is 0 Å². The monoisotopic (exact) mass is 323 g/mol. The molecule has 1 aromatic carbocycles. The van der Waals surface area contributed by atoms with Gasteiger partial charge < -0.3 is 5.32 Å². The molecule has 124 valence electrons. The number of rotatable bonds is 3. The Morgan fingerprint density at radius 2 is 1.75 bits per heavy atom. The lowest BCUT2D eigenvalue weighted by Gasteiger charge is -2.57. The predicted molar refractivity (Wildman–Crippen MR) is 92.9 cm³/mol. The third-order valence-corrected chi connectivity index (χ3v) is 6.38. The van der Waals surface area contributed by atoms with E-state index in [-0.39, 0.29) is 16.1 Å². The van der Waals surface area contributed by atoms with Crippen LogP contribution in [-0.4, -0.2) is 15.4 Å². The van der Waals surface area contributed by atoms with Crippen LogP contribution in [0.25, 0.3) is 10.9 Å². The number of nitro benzene ring substituents is 1. The fourth-order valence-electron chi connectivity index (χ4n) is 5.97. The van der Waals surface area contributed by atoms with Crippen LogP contribution in [0.3, 0.4) is 0 Å². The van der Waals surface area contributed by atoms with Gasteiger partial charge in [-0.1, -0.05) is 0 Å². The second-order valence-corrected chi connectivity index (χ2v) is 8.11. The molecule has 4 aliphatic carbocycles. The van der Waals surface area contributed by atoms with Crippen LogP contribution >= 0.6 is 0 Å². The van der Waals surface area contributed by atoms with Crippen molar-refractivity contribution in [3.05, 3.63) is 40.6 Å². The van der Waals surface area contributed by atoms with Crippen molar-refractivity contribution < 1.29 is 4.92 Å². The highest BCUT2D eigenvalue weighted by atomic mass is 16.6. The first-order valence-corrected chi connectivity index (χ1v) is 8.92. The maximum Gasteiger partial charge on any atom is 0.278 e. The molecule has 2 aromatic rings. The topological polar surface area (TPSA) is 68.1 Å². The van der Waals surface area contributed by atoms with Crippen LogP contribution in [0.5, 0.6) is 0 Å². The van der Waals surface area contributed by atoms with Gasteiger partial charge in [0.25, 0.3) is 5.69 Å². The van der Waals surface area contributed by atoms with Gasteiger partial charge in [-0.05, 0) is 74.5 Å². The highest BCUT2D eigenvalue weighted by Gasteiger charge is 2.51. The quantitative estimate of drug-likeness (QED) is 0.666. The van der Waals surface area contributed by atoms with E-state index in [9.17, 15) is 10.1 Å². The Balaban J connectivity index is 1.56. The number of anilines is 1. The van der Waals surface area contributed by atoms with E-state index in [0.29, 0.717) is 5.39 Å². The number of aromatic nitrogens is 1. The zero-order valence-corrected chi connectivity index (χ0v) is 13.6. The molecule has 0 aliphatic heterocycles. The molecule has 5 heteroatoms. The molecule has 4 fully saturated rings. The molecule has 0 unspecified atom stereocenters. The zero-order chi connectivity index (χ0) is 16.3. The SMILES string of the molecule is O=[N+]([O-])c1ccc(NC23CC4CC(CC(C4)C2)C3)c2ncccc12. The molecule has 6 rings (SSSR count). The molecule has 4 bridgehead atoms. The van der Waals surface area contributed by atoms with E-state index in [1.807, 2.05) is 6.07 Å². The minimum absolute atomic E-state index is 0.133. The number of nitro groups is 1. The normalized spacial score (nSPS) is 33.8. The van der Waals surface area contributed by atoms with Gasteiger partial charge in [0.05, 0.1) is 16.0 Å². The maximum absolute atomic E-state index is 11.3. The fourth-order valence-corrected chi connectivity index (χ4v) is 5.97. The van der Waals surface area contributed by atoms with Gasteiger partial charge in [0.1, 0.15) is 5.52 Å². The summed E-state index contributed by atoms with van der Waals surface area (Å²) in [4.78, 5) is 15.4. The van der Waals surface area contributed by atoms with Gasteiger partial charge in [-0.25, -0.2) is 0 Å². The first-order chi connectivity index (χ1) is 11.6. The number of nitrogens with one attached hydrogen (secondary N) is 1. The third kappa shape index (κ3) is 2.10. The summed E-state index contributed by atoms with van der Waals surface area (Å²) in [6.45, 7) is 0. The van der Waals surface area contributed by atoms with Gasteiger partial charge in [0.15, 0.2) is 0 Å². The minimum atomic E-state index is -0.321. The summed E-state index contributed by atoms with van der Waals surface area (Å²) in [6.07, 6.45) is 9.65. The van der Waals surface area contributed by atoms with E-state index in [1.165, 1.54) is 38.5 Å². The molecular weight excluding hydrogens is 302 g/mol. The average molecular weight is 323 g/mol. The second-order valence-electron chi connectivity index (χ2n) is 8.11. The van der Waals surface area contributed by atoms with Gasteiger partial charge in [-0.15, -0.1) is 0 Å². The lowest BCUT2D eigenvalue weighted by Crippen LogP contribution is -2.54. The van der Waals surface area contributed by atoms with Crippen molar-refractivity contribution in [1.29, 1.82) is 0 Å². The molecule has 1 aromatic heterocycles. The smallest absolute Gasteiger partial charge is 0.278 e. The largest absolute Gasteiger partial charge is 0.378 e. The van der Waals surface area contributed by atoms with Crippen molar-refractivity contribution in [1.82, 2.24) is 4.98 Å². The highest BCUT2D eigenvalue weighted by molar-refractivity contribution is 5.96. The molecule has 1 heterocycles. The van der Waals surface area contributed by atoms with Crippen molar-refractivity contribution in [2.45, 2.75) is 44.1 Å². The van der Waals surface area contributed by atoms with Gasteiger partial charge in [0, 0.05) is 17.8 Å². The molecule has 4 aliphatic rings. The summed E-state index contributed by atoms with van der Waals surface area (Å²) in [5.74, 6) is 2.59. The number of non-ortho nitro benzene ring substituents is 1. The Hall–Kier alpha value is -2.17. The van der Waals surface area contributed by atoms with Crippen LogP contribution in [0.15, 0.2) is 30.5 Å². The molecule has 5 nitrogen and oxygen atoms in total. The van der Waals surface area contributed by atoms with E-state index in [0.717, 1.165) is 29.0 Å². The van der Waals surface area contributed by atoms with Crippen molar-refractivity contribution in [3.8, 4) is 0 Å². The molecule has 0 atom stereocenters. The Morgan fingerprint density at radius 3 is 2.38 bits per heavy atom. The van der Waals surface area contributed by atoms with Crippen LogP contribution in [0.4, 0.5) is 11.4 Å². The Bertz CT molecular complexity index is 797. The van der Waals surface area contributed by atoms with E-state index in [1.54, 1.807) is 24.4 Å². The Morgan fingerprint density at radius 1 is 1.08 bits per heavy atom. The van der Waals surface area contributed by atoms with Gasteiger partial charge in [0.2, 0.25) is 0 Å². The van der Waals surface area contributed by atoms with E-state index in [4.69, 9.17) is 0 Å². The predicted octanol–water partition coefficient (Wildman–Crippen LogP) is 4.52. The van der Waals surface area contributed by atoms with Crippen LogP contribution < -0.4 is 5.32 Å². The summed E-state index contributed by atoms with van der Waals surface area (Å²) in [6, 6.07) is 7.04. The van der Waals surface area contributed by atoms with Gasteiger partial charge >= 0.3 is 0 Å².